The van der Waals surface area contributed by atoms with E-state index in [1.165, 1.54) is 11.1 Å². The predicted octanol–water partition coefficient (Wildman–Crippen LogP) is 5.38. The van der Waals surface area contributed by atoms with Crippen LogP contribution in [0.25, 0.3) is 10.9 Å². The average molecular weight is 605 g/mol. The number of aliphatic hydroxyl groups excluding tert-OH is 1. The number of ether oxygens (including phenoxy) is 2. The number of hydrogen-bond acceptors (Lipinski definition) is 8. The van der Waals surface area contributed by atoms with E-state index in [0.717, 1.165) is 80.6 Å². The molecule has 4 heterocycles. The lowest BCUT2D eigenvalue weighted by Gasteiger charge is -2.34. The number of carbonyl (C=O) groups excluding carboxylic acids is 1. The summed E-state index contributed by atoms with van der Waals surface area (Å²) >= 11 is 0. The largest absolute Gasteiger partial charge is 0.444 e. The van der Waals surface area contributed by atoms with Gasteiger partial charge in [-0.25, -0.2) is 9.48 Å². The van der Waals surface area contributed by atoms with Gasteiger partial charge in [0.05, 0.1) is 17.3 Å². The number of piperidine rings is 1. The van der Waals surface area contributed by atoms with Crippen molar-refractivity contribution < 1.29 is 19.4 Å². The molecule has 2 saturated heterocycles. The van der Waals surface area contributed by atoms with Crippen molar-refractivity contribution >= 4 is 28.5 Å². The highest BCUT2D eigenvalue weighted by molar-refractivity contribution is 5.98. The third-order valence-electron chi connectivity index (χ3n) is 8.85. The van der Waals surface area contributed by atoms with Crippen LogP contribution in [-0.2, 0) is 22.4 Å². The molecule has 3 aliphatic rings. The molecule has 2 aromatic carbocycles. The van der Waals surface area contributed by atoms with Crippen LogP contribution in [0.3, 0.4) is 0 Å². The lowest BCUT2D eigenvalue weighted by molar-refractivity contribution is -0.0364. The number of likely N-dealkylation sites (tertiary alicyclic amines) is 1. The molecule has 1 aromatic heterocycles. The molecular formula is C34H48N6O4. The van der Waals surface area contributed by atoms with Gasteiger partial charge in [-0.15, -0.1) is 0 Å². The minimum absolute atomic E-state index is 0.128. The van der Waals surface area contributed by atoms with Crippen molar-refractivity contribution in [1.82, 2.24) is 19.6 Å². The second-order valence-corrected chi connectivity index (χ2v) is 13.5. The van der Waals surface area contributed by atoms with Gasteiger partial charge in [-0.3, -0.25) is 4.90 Å². The second kappa shape index (κ2) is 13.3. The van der Waals surface area contributed by atoms with Crippen LogP contribution >= 0.6 is 0 Å². The molecule has 3 aliphatic heterocycles. The molecule has 0 radical (unpaired) electrons. The molecule has 238 valence electrons. The summed E-state index contributed by atoms with van der Waals surface area (Å²) in [5.41, 5.74) is 4.30. The first-order valence-electron chi connectivity index (χ1n) is 16.3. The lowest BCUT2D eigenvalue weighted by atomic mass is 10.00. The molecule has 10 heteroatoms. The average Bonchev–Trinajstić information content (AvgIpc) is 3.39. The Bertz CT molecular complexity index is 1420. The quantitative estimate of drug-likeness (QED) is 0.315. The van der Waals surface area contributed by atoms with Gasteiger partial charge in [0.2, 0.25) is 0 Å². The van der Waals surface area contributed by atoms with Crippen LogP contribution in [0.2, 0.25) is 0 Å². The fourth-order valence-corrected chi connectivity index (χ4v) is 6.60. The molecule has 6 rings (SSSR count). The topological polar surface area (TPSA) is 104 Å². The number of hydrogen-bond donors (Lipinski definition) is 3. The third-order valence-corrected chi connectivity index (χ3v) is 8.85. The van der Waals surface area contributed by atoms with Crippen molar-refractivity contribution in [3.05, 3.63) is 53.6 Å². The van der Waals surface area contributed by atoms with Gasteiger partial charge in [0.15, 0.2) is 12.0 Å². The highest BCUT2D eigenvalue weighted by Gasteiger charge is 2.29. The number of benzene rings is 2. The van der Waals surface area contributed by atoms with Gasteiger partial charge in [0.1, 0.15) is 5.60 Å². The Morgan fingerprint density at radius 3 is 2.61 bits per heavy atom. The summed E-state index contributed by atoms with van der Waals surface area (Å²) < 4.78 is 13.8. The second-order valence-electron chi connectivity index (χ2n) is 13.5. The smallest absolute Gasteiger partial charge is 0.410 e. The van der Waals surface area contributed by atoms with E-state index in [1.54, 1.807) is 4.90 Å². The number of anilines is 2. The van der Waals surface area contributed by atoms with Crippen molar-refractivity contribution in [2.24, 2.45) is 0 Å². The lowest BCUT2D eigenvalue weighted by Crippen LogP contribution is -2.44. The first-order chi connectivity index (χ1) is 21.2. The zero-order valence-electron chi connectivity index (χ0n) is 26.4. The van der Waals surface area contributed by atoms with Crippen LogP contribution in [0, 0.1) is 0 Å². The number of carbonyl (C=O) groups is 1. The van der Waals surface area contributed by atoms with Gasteiger partial charge in [-0.1, -0.05) is 30.3 Å². The number of para-hydroxylation sites is 1. The van der Waals surface area contributed by atoms with E-state index in [-0.39, 0.29) is 18.4 Å². The van der Waals surface area contributed by atoms with Gasteiger partial charge in [0.25, 0.3) is 0 Å². The molecule has 2 fully saturated rings. The highest BCUT2D eigenvalue weighted by Crippen LogP contribution is 2.35. The number of β-amino-alcohol motifs (C(OH)–C–C–N with tert-alkyl or cyclic N) is 1. The van der Waals surface area contributed by atoms with Crippen LogP contribution in [0.15, 0.2) is 42.5 Å². The van der Waals surface area contributed by atoms with Crippen LogP contribution in [0.4, 0.5) is 16.3 Å². The van der Waals surface area contributed by atoms with E-state index >= 15 is 0 Å². The summed E-state index contributed by atoms with van der Waals surface area (Å²) in [7, 11) is 0. The third kappa shape index (κ3) is 7.30. The summed E-state index contributed by atoms with van der Waals surface area (Å²) in [6.45, 7) is 10.6. The summed E-state index contributed by atoms with van der Waals surface area (Å²) in [5.74, 6) is 0.764. The highest BCUT2D eigenvalue weighted by atomic mass is 16.6. The van der Waals surface area contributed by atoms with Crippen LogP contribution in [0.5, 0.6) is 0 Å². The van der Waals surface area contributed by atoms with Crippen molar-refractivity contribution in [2.45, 2.75) is 89.8 Å². The van der Waals surface area contributed by atoms with Gasteiger partial charge >= 0.3 is 6.09 Å². The maximum atomic E-state index is 12.6. The van der Waals surface area contributed by atoms with Crippen molar-refractivity contribution in [3.8, 4) is 0 Å². The fraction of sp³-hybridized carbons (Fsp3) is 0.588. The van der Waals surface area contributed by atoms with Crippen molar-refractivity contribution in [1.29, 1.82) is 0 Å². The normalized spacial score (nSPS) is 20.7. The standard InChI is InChI=1S/C34H48N6O4/c1-34(2,3)44-33(42)39-18-15-26(16-19-39)36-29-12-8-11-28-31(29)40(30-13-6-7-20-43-30)37-32(28)35-21-27(41)23-38-17-14-24-9-4-5-10-25(24)22-38/h4-5,8-12,26-27,30,36,41H,6-7,13-23H2,1-3H3,(H,35,37). The van der Waals surface area contributed by atoms with Gasteiger partial charge in [-0.05, 0) is 82.6 Å². The Morgan fingerprint density at radius 1 is 1.07 bits per heavy atom. The number of fused-ring (bicyclic) bond motifs is 2. The zero-order chi connectivity index (χ0) is 30.7. The molecule has 0 spiro atoms. The maximum absolute atomic E-state index is 12.6. The molecule has 10 nitrogen and oxygen atoms in total. The maximum Gasteiger partial charge on any atom is 0.410 e. The molecule has 44 heavy (non-hydrogen) atoms. The molecule has 3 aromatic rings. The number of nitrogens with one attached hydrogen (secondary N) is 2. The summed E-state index contributed by atoms with van der Waals surface area (Å²) in [5, 5.41) is 24.3. The molecule has 0 bridgehead atoms. The van der Waals surface area contributed by atoms with E-state index < -0.39 is 11.7 Å². The fourth-order valence-electron chi connectivity index (χ4n) is 6.60. The molecule has 2 unspecified atom stereocenters. The molecular weight excluding hydrogens is 556 g/mol. The Balaban J connectivity index is 1.14. The summed E-state index contributed by atoms with van der Waals surface area (Å²) in [4.78, 5) is 16.7. The first kappa shape index (κ1) is 30.7. The first-order valence-corrected chi connectivity index (χ1v) is 16.3. The zero-order valence-corrected chi connectivity index (χ0v) is 26.4. The van der Waals surface area contributed by atoms with E-state index in [4.69, 9.17) is 14.6 Å². The van der Waals surface area contributed by atoms with Gasteiger partial charge in [-0.2, -0.15) is 5.10 Å². The Kier molecular flexibility index (Phi) is 9.30. The van der Waals surface area contributed by atoms with Crippen molar-refractivity contribution in [3.63, 3.8) is 0 Å². The molecule has 1 amide bonds. The number of amides is 1. The summed E-state index contributed by atoms with van der Waals surface area (Å²) in [6, 6.07) is 15.1. The van der Waals surface area contributed by atoms with Crippen LogP contribution in [0.1, 0.15) is 70.2 Å². The van der Waals surface area contributed by atoms with Crippen molar-refractivity contribution in [2.75, 3.05) is 50.0 Å². The van der Waals surface area contributed by atoms with E-state index in [0.29, 0.717) is 26.2 Å². The Labute approximate surface area is 260 Å². The van der Waals surface area contributed by atoms with E-state index in [2.05, 4.69) is 58.0 Å². The number of aromatic nitrogens is 2. The van der Waals surface area contributed by atoms with Gasteiger partial charge in [0, 0.05) is 57.3 Å². The predicted molar refractivity (Wildman–Crippen MR) is 173 cm³/mol. The summed E-state index contributed by atoms with van der Waals surface area (Å²) in [6.07, 6.45) is 4.87. The molecule has 0 saturated carbocycles. The SMILES string of the molecule is CC(C)(C)OC(=O)N1CCC(Nc2cccc3c(NCC(O)CN4CCc5ccccc5C4)nn(C4CCCCO4)c23)CC1. The van der Waals surface area contributed by atoms with Crippen LogP contribution < -0.4 is 10.6 Å². The molecule has 2 atom stereocenters. The Hall–Kier alpha value is -3.34. The Morgan fingerprint density at radius 2 is 1.86 bits per heavy atom. The molecule has 0 aliphatic carbocycles. The number of nitrogens with zero attached hydrogens (tertiary/aromatic N) is 4. The monoisotopic (exact) mass is 604 g/mol. The van der Waals surface area contributed by atoms with Gasteiger partial charge < -0.3 is 30.1 Å². The molecule has 3 N–H and O–H groups in total. The van der Waals surface area contributed by atoms with E-state index in [1.807, 2.05) is 25.5 Å². The number of rotatable bonds is 8. The van der Waals surface area contributed by atoms with E-state index in [9.17, 15) is 9.90 Å². The minimum Gasteiger partial charge on any atom is -0.444 e. The van der Waals surface area contributed by atoms with Crippen LogP contribution in [-0.4, -0.2) is 87.9 Å². The number of aliphatic hydroxyl groups is 1. The minimum atomic E-state index is -0.525.